The zero-order valence-electron chi connectivity index (χ0n) is 8.72. The molecule has 1 amide bonds. The van der Waals surface area contributed by atoms with Gasteiger partial charge in [-0.1, -0.05) is 11.6 Å². The molecule has 0 aliphatic rings. The van der Waals surface area contributed by atoms with Crippen LogP contribution in [0.15, 0.2) is 36.5 Å². The van der Waals surface area contributed by atoms with Crippen LogP contribution < -0.4 is 11.1 Å². The molecule has 0 radical (unpaired) electrons. The summed E-state index contributed by atoms with van der Waals surface area (Å²) in [7, 11) is 0. The van der Waals surface area contributed by atoms with Crippen molar-refractivity contribution in [2.45, 2.75) is 0 Å². The molecule has 0 fully saturated rings. The molecule has 0 spiro atoms. The Balaban J connectivity index is 2.18. The number of nitrogen functional groups attached to an aromatic ring is 1. The van der Waals surface area contributed by atoms with Crippen LogP contribution in [-0.2, 0) is 0 Å². The molecule has 0 atom stereocenters. The van der Waals surface area contributed by atoms with Gasteiger partial charge in [0.2, 0.25) is 0 Å². The third-order valence-corrected chi connectivity index (χ3v) is 2.40. The quantitative estimate of drug-likeness (QED) is 0.796. The van der Waals surface area contributed by atoms with Crippen molar-refractivity contribution in [1.29, 1.82) is 0 Å². The molecule has 2 rings (SSSR count). The lowest BCUT2D eigenvalue weighted by molar-refractivity contribution is 0.102. The average Bonchev–Trinajstić information content (AvgIpc) is 2.34. The summed E-state index contributed by atoms with van der Waals surface area (Å²) in [5.74, 6) is 0.0675. The lowest BCUT2D eigenvalue weighted by Gasteiger charge is -2.04. The number of nitrogens with one attached hydrogen (secondary N) is 1. The predicted molar refractivity (Wildman–Crippen MR) is 65.8 cm³/mol. The highest BCUT2D eigenvalue weighted by Gasteiger charge is 2.08. The molecular weight excluding hydrogens is 240 g/mol. The smallest absolute Gasteiger partial charge is 0.256 e. The van der Waals surface area contributed by atoms with E-state index in [1.807, 2.05) is 0 Å². The van der Waals surface area contributed by atoms with Crippen molar-refractivity contribution in [2.24, 2.45) is 0 Å². The van der Waals surface area contributed by atoms with Crippen LogP contribution in [0.1, 0.15) is 10.4 Å². The lowest BCUT2D eigenvalue weighted by atomic mass is 10.2. The number of anilines is 2. The number of benzene rings is 1. The molecule has 1 aromatic carbocycles. The van der Waals surface area contributed by atoms with Gasteiger partial charge < -0.3 is 11.1 Å². The summed E-state index contributed by atoms with van der Waals surface area (Å²) in [5.41, 5.74) is 6.40. The van der Waals surface area contributed by atoms with Crippen LogP contribution in [0.5, 0.6) is 0 Å². The normalized spacial score (nSPS) is 9.94. The molecule has 0 saturated heterocycles. The minimum atomic E-state index is -0.313. The second-order valence-electron chi connectivity index (χ2n) is 3.30. The summed E-state index contributed by atoms with van der Waals surface area (Å²) in [6, 6.07) is 7.99. The van der Waals surface area contributed by atoms with Crippen LogP contribution in [0.25, 0.3) is 0 Å². The van der Waals surface area contributed by atoms with Gasteiger partial charge in [-0.25, -0.2) is 0 Å². The van der Waals surface area contributed by atoms with Crippen molar-refractivity contribution in [3.63, 3.8) is 0 Å². The van der Waals surface area contributed by atoms with Crippen molar-refractivity contribution < 1.29 is 4.79 Å². The van der Waals surface area contributed by atoms with E-state index in [0.717, 1.165) is 0 Å². The van der Waals surface area contributed by atoms with Gasteiger partial charge in [-0.05, 0) is 30.3 Å². The Morgan fingerprint density at radius 1 is 1.35 bits per heavy atom. The molecule has 0 saturated carbocycles. The highest BCUT2D eigenvalue weighted by atomic mass is 35.5. The Morgan fingerprint density at radius 3 is 2.82 bits per heavy atom. The van der Waals surface area contributed by atoms with Gasteiger partial charge >= 0.3 is 0 Å². The summed E-state index contributed by atoms with van der Waals surface area (Å²) in [6.07, 6.45) is 1.52. The van der Waals surface area contributed by atoms with E-state index < -0.39 is 0 Å². The van der Waals surface area contributed by atoms with Gasteiger partial charge in [0, 0.05) is 11.8 Å². The first-order valence-corrected chi connectivity index (χ1v) is 5.18. The number of amides is 1. The van der Waals surface area contributed by atoms with Crippen molar-refractivity contribution in [3.05, 3.63) is 47.1 Å². The second kappa shape index (κ2) is 4.80. The fraction of sp³-hybridized carbons (Fsp3) is 0. The molecule has 2 aromatic rings. The highest BCUT2D eigenvalue weighted by molar-refractivity contribution is 6.33. The zero-order valence-corrected chi connectivity index (χ0v) is 9.48. The molecule has 0 unspecified atom stereocenters. The SMILES string of the molecule is Nc1ccc(C(=O)Nc2cccnn2)cc1Cl. The summed E-state index contributed by atoms with van der Waals surface area (Å²) in [4.78, 5) is 11.8. The van der Waals surface area contributed by atoms with Crippen molar-refractivity contribution >= 4 is 29.0 Å². The molecule has 0 aliphatic carbocycles. The van der Waals surface area contributed by atoms with E-state index in [0.29, 0.717) is 22.1 Å². The molecule has 17 heavy (non-hydrogen) atoms. The van der Waals surface area contributed by atoms with E-state index in [2.05, 4.69) is 15.5 Å². The Morgan fingerprint density at radius 2 is 2.18 bits per heavy atom. The standard InChI is InChI=1S/C11H9ClN4O/c12-8-6-7(3-4-9(8)13)11(17)15-10-2-1-5-14-16-10/h1-6H,13H2,(H,15,16,17). The average molecular weight is 249 g/mol. The van der Waals surface area contributed by atoms with Gasteiger partial charge in [-0.2, -0.15) is 5.10 Å². The number of hydrogen-bond donors (Lipinski definition) is 2. The number of nitrogens with two attached hydrogens (primary N) is 1. The van der Waals surface area contributed by atoms with Crippen LogP contribution in [0.4, 0.5) is 11.5 Å². The molecular formula is C11H9ClN4O. The van der Waals surface area contributed by atoms with Gasteiger partial charge in [0.15, 0.2) is 5.82 Å². The van der Waals surface area contributed by atoms with Crippen molar-refractivity contribution in [1.82, 2.24) is 10.2 Å². The maximum absolute atomic E-state index is 11.8. The van der Waals surface area contributed by atoms with E-state index in [4.69, 9.17) is 17.3 Å². The lowest BCUT2D eigenvalue weighted by Crippen LogP contribution is -2.13. The molecule has 86 valence electrons. The number of hydrogen-bond acceptors (Lipinski definition) is 4. The number of rotatable bonds is 2. The fourth-order valence-electron chi connectivity index (χ4n) is 1.23. The van der Waals surface area contributed by atoms with Gasteiger partial charge in [0.25, 0.3) is 5.91 Å². The number of carbonyl (C=O) groups is 1. The summed E-state index contributed by atoms with van der Waals surface area (Å²) < 4.78 is 0. The van der Waals surface area contributed by atoms with Gasteiger partial charge in [-0.15, -0.1) is 5.10 Å². The van der Waals surface area contributed by atoms with Crippen LogP contribution >= 0.6 is 11.6 Å². The van der Waals surface area contributed by atoms with Gasteiger partial charge in [0.05, 0.1) is 10.7 Å². The third-order valence-electron chi connectivity index (χ3n) is 2.08. The molecule has 1 aromatic heterocycles. The number of aromatic nitrogens is 2. The topological polar surface area (TPSA) is 80.9 Å². The molecule has 0 bridgehead atoms. The molecule has 1 heterocycles. The van der Waals surface area contributed by atoms with E-state index in [-0.39, 0.29) is 5.91 Å². The Bertz CT molecular complexity index is 544. The van der Waals surface area contributed by atoms with E-state index in [9.17, 15) is 4.79 Å². The number of carbonyl (C=O) groups excluding carboxylic acids is 1. The predicted octanol–water partition coefficient (Wildman–Crippen LogP) is 1.96. The minimum Gasteiger partial charge on any atom is -0.398 e. The first-order valence-electron chi connectivity index (χ1n) is 4.81. The van der Waals surface area contributed by atoms with Gasteiger partial charge in [-0.3, -0.25) is 4.79 Å². The molecule has 6 heteroatoms. The van der Waals surface area contributed by atoms with Gasteiger partial charge in [0.1, 0.15) is 0 Å². The largest absolute Gasteiger partial charge is 0.398 e. The minimum absolute atomic E-state index is 0.313. The fourth-order valence-corrected chi connectivity index (χ4v) is 1.41. The van der Waals surface area contributed by atoms with Crippen LogP contribution in [0.2, 0.25) is 5.02 Å². The number of nitrogens with zero attached hydrogens (tertiary/aromatic N) is 2. The summed E-state index contributed by atoms with van der Waals surface area (Å²) in [6.45, 7) is 0. The van der Waals surface area contributed by atoms with E-state index >= 15 is 0 Å². The van der Waals surface area contributed by atoms with Crippen LogP contribution in [0, 0.1) is 0 Å². The van der Waals surface area contributed by atoms with Crippen molar-refractivity contribution in [2.75, 3.05) is 11.1 Å². The Kier molecular flexibility index (Phi) is 3.20. The molecule has 0 aliphatic heterocycles. The van der Waals surface area contributed by atoms with Crippen molar-refractivity contribution in [3.8, 4) is 0 Å². The monoisotopic (exact) mass is 248 g/mol. The summed E-state index contributed by atoms with van der Waals surface area (Å²) >= 11 is 5.83. The first-order chi connectivity index (χ1) is 8.16. The second-order valence-corrected chi connectivity index (χ2v) is 3.71. The maximum Gasteiger partial charge on any atom is 0.256 e. The Hall–Kier alpha value is -2.14. The van der Waals surface area contributed by atoms with Crippen LogP contribution in [0.3, 0.4) is 0 Å². The highest BCUT2D eigenvalue weighted by Crippen LogP contribution is 2.20. The zero-order chi connectivity index (χ0) is 12.3. The first kappa shape index (κ1) is 11.3. The Labute approximate surface area is 103 Å². The van der Waals surface area contributed by atoms with E-state index in [1.165, 1.54) is 12.3 Å². The van der Waals surface area contributed by atoms with E-state index in [1.54, 1.807) is 24.3 Å². The number of halogens is 1. The summed E-state index contributed by atoms with van der Waals surface area (Å²) in [5, 5.41) is 10.3. The molecule has 3 N–H and O–H groups in total. The maximum atomic E-state index is 11.8. The third kappa shape index (κ3) is 2.70. The molecule has 5 nitrogen and oxygen atoms in total. The van der Waals surface area contributed by atoms with Crippen LogP contribution in [-0.4, -0.2) is 16.1 Å².